The summed E-state index contributed by atoms with van der Waals surface area (Å²) in [4.78, 5) is 0. The summed E-state index contributed by atoms with van der Waals surface area (Å²) in [5.41, 5.74) is 1.29. The molecule has 1 aromatic rings. The second-order valence-corrected chi connectivity index (χ2v) is 8.05. The van der Waals surface area contributed by atoms with Crippen LogP contribution in [0.4, 0.5) is 0 Å². The first kappa shape index (κ1) is 17.2. The number of rotatable bonds is 7. The highest BCUT2D eigenvalue weighted by atomic mass is 16.7. The molecule has 4 fully saturated rings. The van der Waals surface area contributed by atoms with Crippen LogP contribution in [0, 0.1) is 17.8 Å². The highest BCUT2D eigenvalue weighted by Gasteiger charge is 2.52. The molecule has 0 atom stereocenters. The Labute approximate surface area is 149 Å². The molecule has 2 N–H and O–H groups in total. The van der Waals surface area contributed by atoms with Crippen molar-refractivity contribution in [2.24, 2.45) is 17.8 Å². The zero-order chi connectivity index (χ0) is 17.4. The summed E-state index contributed by atoms with van der Waals surface area (Å²) >= 11 is 0. The van der Waals surface area contributed by atoms with Gasteiger partial charge in [-0.2, -0.15) is 0 Å². The zero-order valence-corrected chi connectivity index (χ0v) is 14.8. The van der Waals surface area contributed by atoms with E-state index in [0.717, 1.165) is 29.1 Å². The Morgan fingerprint density at radius 2 is 1.72 bits per heavy atom. The molecule has 0 saturated heterocycles. The van der Waals surface area contributed by atoms with Crippen molar-refractivity contribution in [1.82, 2.24) is 0 Å². The third-order valence-electron chi connectivity index (χ3n) is 6.30. The maximum Gasteiger partial charge on any atom is 0.707 e. The number of benzene rings is 1. The van der Waals surface area contributed by atoms with Crippen molar-refractivity contribution in [2.45, 2.75) is 50.9 Å². The van der Waals surface area contributed by atoms with Crippen molar-refractivity contribution in [1.29, 1.82) is 0 Å². The van der Waals surface area contributed by atoms with Gasteiger partial charge in [-0.3, -0.25) is 0 Å². The lowest BCUT2D eigenvalue weighted by Gasteiger charge is -2.57. The number of hydrogen-bond donors (Lipinski definition) is 2. The van der Waals surface area contributed by atoms with E-state index in [2.05, 4.69) is 0 Å². The maximum atomic E-state index is 9.16. The van der Waals surface area contributed by atoms with E-state index in [9.17, 15) is 0 Å². The standard InChI is InChI=1S/C19H27BO5/c1-2-23-12-24-18-4-3-16(25-20(21)22)8-17(18)19-9-13-5-14(10-19)7-15(6-13)11-19/h3-4,8,13-15,21-22H,2,5-7,9-12H2,1H3. The normalized spacial score (nSPS) is 32.7. The summed E-state index contributed by atoms with van der Waals surface area (Å²) in [5, 5.41) is 18.3. The Morgan fingerprint density at radius 1 is 1.08 bits per heavy atom. The van der Waals surface area contributed by atoms with E-state index in [4.69, 9.17) is 24.2 Å². The van der Waals surface area contributed by atoms with Gasteiger partial charge in [0.25, 0.3) is 0 Å². The Morgan fingerprint density at radius 3 is 2.28 bits per heavy atom. The van der Waals surface area contributed by atoms with E-state index in [1.54, 1.807) is 6.07 Å². The third kappa shape index (κ3) is 3.40. The van der Waals surface area contributed by atoms with Crippen LogP contribution in [0.25, 0.3) is 0 Å². The van der Waals surface area contributed by atoms with Gasteiger partial charge in [0.05, 0.1) is 0 Å². The highest BCUT2D eigenvalue weighted by molar-refractivity contribution is 6.33. The lowest BCUT2D eigenvalue weighted by Crippen LogP contribution is -2.48. The quantitative estimate of drug-likeness (QED) is 0.451. The maximum absolute atomic E-state index is 9.16. The van der Waals surface area contributed by atoms with Crippen molar-refractivity contribution in [3.05, 3.63) is 23.8 Å². The van der Waals surface area contributed by atoms with Crippen LogP contribution in [-0.4, -0.2) is 30.8 Å². The van der Waals surface area contributed by atoms with Gasteiger partial charge in [-0.05, 0) is 86.8 Å². The van der Waals surface area contributed by atoms with Crippen LogP contribution >= 0.6 is 0 Å². The summed E-state index contributed by atoms with van der Waals surface area (Å²) in [6, 6.07) is 5.56. The Balaban J connectivity index is 1.67. The topological polar surface area (TPSA) is 68.2 Å². The van der Waals surface area contributed by atoms with Crippen LogP contribution < -0.4 is 9.39 Å². The summed E-state index contributed by atoms with van der Waals surface area (Å²) in [6.45, 7) is 2.80. The molecule has 1 aromatic carbocycles. The summed E-state index contributed by atoms with van der Waals surface area (Å²) in [6.07, 6.45) is 7.74. The summed E-state index contributed by atoms with van der Waals surface area (Å²) < 4.78 is 16.4. The number of hydrogen-bond acceptors (Lipinski definition) is 5. The van der Waals surface area contributed by atoms with E-state index < -0.39 is 7.32 Å². The predicted octanol–water partition coefficient (Wildman–Crippen LogP) is 2.88. The molecule has 136 valence electrons. The fraction of sp³-hybridized carbons (Fsp3) is 0.684. The van der Waals surface area contributed by atoms with Crippen LogP contribution in [0.5, 0.6) is 11.5 Å². The molecule has 4 saturated carbocycles. The van der Waals surface area contributed by atoms with Crippen LogP contribution in [0.1, 0.15) is 51.0 Å². The minimum Gasteiger partial charge on any atom is -0.512 e. The lowest BCUT2D eigenvalue weighted by atomic mass is 9.48. The van der Waals surface area contributed by atoms with E-state index >= 15 is 0 Å². The predicted molar refractivity (Wildman–Crippen MR) is 94.2 cm³/mol. The monoisotopic (exact) mass is 346 g/mol. The average molecular weight is 346 g/mol. The molecule has 4 aliphatic carbocycles. The van der Waals surface area contributed by atoms with Crippen LogP contribution in [0.2, 0.25) is 0 Å². The van der Waals surface area contributed by atoms with Gasteiger partial charge < -0.3 is 24.2 Å². The largest absolute Gasteiger partial charge is 0.707 e. The van der Waals surface area contributed by atoms with Crippen LogP contribution in [0.15, 0.2) is 18.2 Å². The van der Waals surface area contributed by atoms with Crippen molar-refractivity contribution in [3.63, 3.8) is 0 Å². The fourth-order valence-electron chi connectivity index (χ4n) is 5.87. The molecule has 6 heteroatoms. The molecule has 0 aromatic heterocycles. The lowest BCUT2D eigenvalue weighted by molar-refractivity contribution is -0.0110. The van der Waals surface area contributed by atoms with Crippen molar-refractivity contribution in [2.75, 3.05) is 13.4 Å². The molecule has 5 rings (SSSR count). The van der Waals surface area contributed by atoms with Gasteiger partial charge in [-0.1, -0.05) is 0 Å². The first-order chi connectivity index (χ1) is 12.1. The minimum atomic E-state index is -1.81. The Kier molecular flexibility index (Phi) is 4.69. The summed E-state index contributed by atoms with van der Waals surface area (Å²) in [5.74, 6) is 3.77. The molecule has 0 radical (unpaired) electrons. The summed E-state index contributed by atoms with van der Waals surface area (Å²) in [7, 11) is -1.81. The second-order valence-electron chi connectivity index (χ2n) is 8.05. The SMILES string of the molecule is CCOCOc1ccc(OB(O)O)cc1C12CC3CC(CC(C3)C1)C2. The van der Waals surface area contributed by atoms with Gasteiger partial charge >= 0.3 is 7.32 Å². The molecule has 0 heterocycles. The Bertz CT molecular complexity index is 583. The van der Waals surface area contributed by atoms with Gasteiger partial charge in [-0.15, -0.1) is 0 Å². The smallest absolute Gasteiger partial charge is 0.512 e. The van der Waals surface area contributed by atoms with E-state index in [-0.39, 0.29) is 12.2 Å². The molecule has 5 nitrogen and oxygen atoms in total. The minimum absolute atomic E-state index is 0.135. The van der Waals surface area contributed by atoms with Gasteiger partial charge in [-0.25, -0.2) is 0 Å². The molecule has 0 amide bonds. The van der Waals surface area contributed by atoms with Crippen LogP contribution in [-0.2, 0) is 10.2 Å². The first-order valence-corrected chi connectivity index (χ1v) is 9.46. The van der Waals surface area contributed by atoms with Crippen LogP contribution in [0.3, 0.4) is 0 Å². The fourth-order valence-corrected chi connectivity index (χ4v) is 5.87. The van der Waals surface area contributed by atoms with Crippen molar-refractivity contribution in [3.8, 4) is 11.5 Å². The molecular formula is C19H27BO5. The Hall–Kier alpha value is -1.24. The zero-order valence-electron chi connectivity index (χ0n) is 14.8. The molecule has 0 unspecified atom stereocenters. The second kappa shape index (κ2) is 6.82. The molecule has 25 heavy (non-hydrogen) atoms. The van der Waals surface area contributed by atoms with Crippen molar-refractivity contribution < 1.29 is 24.2 Å². The van der Waals surface area contributed by atoms with E-state index in [0.29, 0.717) is 12.4 Å². The molecule has 0 spiro atoms. The molecule has 0 aliphatic heterocycles. The molecule has 4 aliphatic rings. The van der Waals surface area contributed by atoms with Gasteiger partial charge in [0.15, 0.2) is 6.79 Å². The van der Waals surface area contributed by atoms with Gasteiger partial charge in [0.2, 0.25) is 0 Å². The highest BCUT2D eigenvalue weighted by Crippen LogP contribution is 2.62. The van der Waals surface area contributed by atoms with Crippen molar-refractivity contribution >= 4 is 7.32 Å². The third-order valence-corrected chi connectivity index (χ3v) is 6.30. The van der Waals surface area contributed by atoms with E-state index in [1.165, 1.54) is 38.5 Å². The molecular weight excluding hydrogens is 319 g/mol. The number of ether oxygens (including phenoxy) is 2. The van der Waals surface area contributed by atoms with Gasteiger partial charge in [0, 0.05) is 12.2 Å². The molecule has 4 bridgehead atoms. The van der Waals surface area contributed by atoms with E-state index in [1.807, 2.05) is 19.1 Å². The first-order valence-electron chi connectivity index (χ1n) is 9.46. The van der Waals surface area contributed by atoms with Gasteiger partial charge in [0.1, 0.15) is 11.5 Å². The average Bonchev–Trinajstić information content (AvgIpc) is 2.54.